The number of halogens is 1. The van der Waals surface area contributed by atoms with Crippen molar-refractivity contribution in [2.75, 3.05) is 44.7 Å². The van der Waals surface area contributed by atoms with E-state index >= 15 is 0 Å². The number of fused-ring (bicyclic) bond motifs is 3. The number of piperazine rings is 1. The van der Waals surface area contributed by atoms with Gasteiger partial charge in [0, 0.05) is 55.6 Å². The summed E-state index contributed by atoms with van der Waals surface area (Å²) in [5, 5.41) is 1.36. The van der Waals surface area contributed by atoms with Crippen molar-refractivity contribution in [3.63, 3.8) is 0 Å². The minimum atomic E-state index is 0.0301. The van der Waals surface area contributed by atoms with Crippen LogP contribution in [-0.2, 0) is 11.2 Å². The van der Waals surface area contributed by atoms with Crippen molar-refractivity contribution in [1.82, 2.24) is 28.5 Å². The van der Waals surface area contributed by atoms with Crippen molar-refractivity contribution in [2.45, 2.75) is 24.8 Å². The molecule has 0 radical (unpaired) electrons. The zero-order valence-electron chi connectivity index (χ0n) is 19.4. The number of anilines is 1. The molecule has 2 fully saturated rings. The Hall–Kier alpha value is -2.56. The summed E-state index contributed by atoms with van der Waals surface area (Å²) in [6, 6.07) is 11.0. The number of likely N-dealkylation sites (N-methyl/N-ethyl adjacent to an activating group) is 1. The number of H-pyrrole nitrogens is 1. The van der Waals surface area contributed by atoms with E-state index in [9.17, 15) is 4.79 Å². The number of nitrogens with zero attached hydrogens (tertiary/aromatic N) is 6. The van der Waals surface area contributed by atoms with Crippen LogP contribution in [0.15, 0.2) is 34.9 Å². The molecule has 1 N–H and O–H groups in total. The molecule has 7 rings (SSSR count). The summed E-state index contributed by atoms with van der Waals surface area (Å²) in [6.07, 6.45) is 1.94. The molecule has 35 heavy (non-hydrogen) atoms. The third kappa shape index (κ3) is 3.48. The maximum atomic E-state index is 13.7. The van der Waals surface area contributed by atoms with E-state index in [2.05, 4.69) is 74.6 Å². The van der Waals surface area contributed by atoms with Gasteiger partial charge >= 0.3 is 0 Å². The number of aromatic amines is 1. The van der Waals surface area contributed by atoms with Crippen LogP contribution in [0.2, 0.25) is 0 Å². The monoisotopic (exact) mass is 551 g/mol. The lowest BCUT2D eigenvalue weighted by atomic mass is 9.72. The lowest BCUT2D eigenvalue weighted by Crippen LogP contribution is -2.55. The number of benzene rings is 1. The number of nitrogens with one attached hydrogen (secondary N) is 1. The Morgan fingerprint density at radius 2 is 2.00 bits per heavy atom. The molecular formula is C25H26BrN7OS. The second-order valence-electron chi connectivity index (χ2n) is 10.0. The number of hydrogen-bond acceptors (Lipinski definition) is 7. The molecule has 3 aromatic heterocycles. The van der Waals surface area contributed by atoms with Gasteiger partial charge in [0.05, 0.1) is 22.2 Å². The summed E-state index contributed by atoms with van der Waals surface area (Å²) < 4.78 is 9.61. The number of aromatic nitrogens is 4. The van der Waals surface area contributed by atoms with Crippen LogP contribution >= 0.6 is 27.7 Å². The normalized spacial score (nSPS) is 24.8. The van der Waals surface area contributed by atoms with Crippen LogP contribution in [0.1, 0.15) is 23.5 Å². The number of hydrogen-bond donors (Lipinski definition) is 1. The Morgan fingerprint density at radius 1 is 1.14 bits per heavy atom. The zero-order valence-corrected chi connectivity index (χ0v) is 21.8. The molecule has 0 saturated carbocycles. The van der Waals surface area contributed by atoms with E-state index in [4.69, 9.17) is 0 Å². The molecule has 10 heteroatoms. The van der Waals surface area contributed by atoms with Crippen molar-refractivity contribution in [3.8, 4) is 0 Å². The summed E-state index contributed by atoms with van der Waals surface area (Å²) in [5.41, 5.74) is 5.50. The number of piperidine rings is 1. The number of likely N-dealkylation sites (tertiary alicyclic amines) is 1. The molecule has 8 nitrogen and oxygen atoms in total. The molecular weight excluding hydrogens is 526 g/mol. The fraction of sp³-hybridized carbons (Fsp3) is 0.440. The van der Waals surface area contributed by atoms with E-state index < -0.39 is 0 Å². The molecule has 2 saturated heterocycles. The fourth-order valence-electron chi connectivity index (χ4n) is 6.43. The van der Waals surface area contributed by atoms with Crippen molar-refractivity contribution in [1.29, 1.82) is 0 Å². The highest BCUT2D eigenvalue weighted by atomic mass is 79.9. The van der Waals surface area contributed by atoms with Crippen LogP contribution in [0, 0.1) is 5.92 Å². The molecule has 1 aromatic carbocycles. The van der Waals surface area contributed by atoms with Gasteiger partial charge in [-0.3, -0.25) is 4.79 Å². The summed E-state index contributed by atoms with van der Waals surface area (Å²) in [6.45, 7) is 3.86. The number of amides is 1. The van der Waals surface area contributed by atoms with Crippen LogP contribution in [0.3, 0.4) is 0 Å². The summed E-state index contributed by atoms with van der Waals surface area (Å²) in [7, 11) is 2.19. The summed E-state index contributed by atoms with van der Waals surface area (Å²) in [4.78, 5) is 28.6. The van der Waals surface area contributed by atoms with Crippen LogP contribution < -0.4 is 4.90 Å². The first-order chi connectivity index (χ1) is 17.1. The van der Waals surface area contributed by atoms with Crippen molar-refractivity contribution in [2.24, 2.45) is 5.92 Å². The fourth-order valence-corrected chi connectivity index (χ4v) is 7.48. The largest absolute Gasteiger partial charge is 0.353 e. The third-order valence-electron chi connectivity index (χ3n) is 8.17. The van der Waals surface area contributed by atoms with Gasteiger partial charge in [0.2, 0.25) is 5.91 Å². The molecule has 2 aliphatic heterocycles. The van der Waals surface area contributed by atoms with E-state index in [0.717, 1.165) is 61.5 Å². The van der Waals surface area contributed by atoms with Crippen LogP contribution in [0.4, 0.5) is 5.82 Å². The van der Waals surface area contributed by atoms with Gasteiger partial charge in [-0.15, -0.1) is 0 Å². The second kappa shape index (κ2) is 8.25. The Kier molecular flexibility index (Phi) is 5.11. The van der Waals surface area contributed by atoms with Gasteiger partial charge in [0.25, 0.3) is 0 Å². The highest BCUT2D eigenvalue weighted by Crippen LogP contribution is 2.46. The SMILES string of the molecule is CN1C[C@H](C(=O)N2CCN(c3ccc4nsnc4n3)CC2)C[C@@H]2c3cccc4[nH]c(Br)c(c34)C[C@H]21. The van der Waals surface area contributed by atoms with E-state index in [1.165, 1.54) is 33.8 Å². The number of rotatable bonds is 2. The molecule has 0 spiro atoms. The topological polar surface area (TPSA) is 81.2 Å². The van der Waals surface area contributed by atoms with Crippen LogP contribution in [0.5, 0.6) is 0 Å². The van der Waals surface area contributed by atoms with E-state index in [1.807, 2.05) is 12.1 Å². The van der Waals surface area contributed by atoms with E-state index in [0.29, 0.717) is 23.5 Å². The Balaban J connectivity index is 1.08. The van der Waals surface area contributed by atoms with Crippen molar-refractivity contribution in [3.05, 3.63) is 46.1 Å². The standard InChI is InChI=1S/C25H26BrN7OS/c1-31-13-14(11-16-15-3-2-4-18-22(15)17(12-20(16)31)23(26)27-18)25(34)33-9-7-32(8-10-33)21-6-5-19-24(28-21)30-35-29-19/h2-6,14,16,20,27H,7-13H2,1H3/t14-,16-,20-/m1/s1. The highest BCUT2D eigenvalue weighted by molar-refractivity contribution is 9.10. The molecule has 4 aromatic rings. The van der Waals surface area contributed by atoms with Gasteiger partial charge in [-0.25, -0.2) is 4.98 Å². The first kappa shape index (κ1) is 21.7. The zero-order chi connectivity index (χ0) is 23.7. The minimum absolute atomic E-state index is 0.0301. The lowest BCUT2D eigenvalue weighted by Gasteiger charge is -2.46. The molecule has 3 aliphatic rings. The molecule has 1 aliphatic carbocycles. The van der Waals surface area contributed by atoms with Gasteiger partial charge in [0.15, 0.2) is 5.65 Å². The molecule has 180 valence electrons. The molecule has 0 unspecified atom stereocenters. The average Bonchev–Trinajstić information content (AvgIpc) is 3.48. The Bertz CT molecular complexity index is 1440. The molecule has 1 amide bonds. The first-order valence-corrected chi connectivity index (χ1v) is 13.7. The number of pyridine rings is 1. The van der Waals surface area contributed by atoms with Crippen molar-refractivity contribution >= 4 is 61.4 Å². The van der Waals surface area contributed by atoms with Gasteiger partial charge in [-0.1, -0.05) is 12.1 Å². The number of carbonyl (C=O) groups is 1. The highest BCUT2D eigenvalue weighted by Gasteiger charge is 2.43. The molecule has 0 bridgehead atoms. The maximum absolute atomic E-state index is 13.7. The predicted molar refractivity (Wildman–Crippen MR) is 141 cm³/mol. The Morgan fingerprint density at radius 3 is 2.86 bits per heavy atom. The molecule has 5 heterocycles. The smallest absolute Gasteiger partial charge is 0.227 e. The lowest BCUT2D eigenvalue weighted by molar-refractivity contribution is -0.138. The third-order valence-corrected chi connectivity index (χ3v) is 9.38. The van der Waals surface area contributed by atoms with E-state index in [1.54, 1.807) is 0 Å². The van der Waals surface area contributed by atoms with Gasteiger partial charge in [-0.05, 0) is 65.1 Å². The second-order valence-corrected chi connectivity index (χ2v) is 11.3. The van der Waals surface area contributed by atoms with Gasteiger partial charge in [0.1, 0.15) is 11.3 Å². The predicted octanol–water partition coefficient (Wildman–Crippen LogP) is 3.64. The maximum Gasteiger partial charge on any atom is 0.227 e. The van der Waals surface area contributed by atoms with Crippen molar-refractivity contribution < 1.29 is 4.79 Å². The van der Waals surface area contributed by atoms with Gasteiger partial charge < -0.3 is 19.7 Å². The summed E-state index contributed by atoms with van der Waals surface area (Å²) >= 11 is 4.93. The average molecular weight is 553 g/mol. The Labute approximate surface area is 215 Å². The quantitative estimate of drug-likeness (QED) is 0.409. The van der Waals surface area contributed by atoms with Crippen LogP contribution in [0.25, 0.3) is 22.1 Å². The van der Waals surface area contributed by atoms with Crippen LogP contribution in [-0.4, -0.2) is 80.2 Å². The van der Waals surface area contributed by atoms with Gasteiger partial charge in [-0.2, -0.15) is 8.75 Å². The summed E-state index contributed by atoms with van der Waals surface area (Å²) in [5.74, 6) is 1.63. The van der Waals surface area contributed by atoms with E-state index in [-0.39, 0.29) is 5.92 Å². The number of carbonyl (C=O) groups excluding carboxylic acids is 1. The molecule has 3 atom stereocenters. The first-order valence-electron chi connectivity index (χ1n) is 12.2. The minimum Gasteiger partial charge on any atom is -0.353 e.